The predicted octanol–water partition coefficient (Wildman–Crippen LogP) is 4.23. The van der Waals surface area contributed by atoms with Crippen molar-refractivity contribution in [2.24, 2.45) is 10.1 Å². The standard InChI is InChI=1S/C22H18ClN5O3S/c23-14-5-3-4-13(10-14)17-7-6-15(31-17)11-16-20(24)28-22(25-21(16)30)32-18(26-28)12-19(29)27-8-1-2-9-27/h3-7,10-11,24H,1-2,8-9,12H2/b16-11-,24-20?. The van der Waals surface area contributed by atoms with Crippen LogP contribution in [-0.2, 0) is 9.59 Å². The number of nitrogens with one attached hydrogen (secondary N) is 1. The van der Waals surface area contributed by atoms with Gasteiger partial charge in [-0.25, -0.2) is 0 Å². The van der Waals surface area contributed by atoms with Gasteiger partial charge in [-0.1, -0.05) is 23.7 Å². The number of hydrogen-bond donors (Lipinski definition) is 1. The zero-order chi connectivity index (χ0) is 22.2. The van der Waals surface area contributed by atoms with Crippen LogP contribution < -0.4 is 0 Å². The van der Waals surface area contributed by atoms with Crippen molar-refractivity contribution in [3.05, 3.63) is 52.8 Å². The van der Waals surface area contributed by atoms with E-state index in [0.717, 1.165) is 43.3 Å². The van der Waals surface area contributed by atoms with Crippen molar-refractivity contribution in [2.75, 3.05) is 13.1 Å². The molecule has 0 unspecified atom stereocenters. The summed E-state index contributed by atoms with van der Waals surface area (Å²) in [7, 11) is 0. The lowest BCUT2D eigenvalue weighted by Gasteiger charge is -2.19. The van der Waals surface area contributed by atoms with E-state index >= 15 is 0 Å². The van der Waals surface area contributed by atoms with E-state index in [1.807, 2.05) is 17.0 Å². The molecule has 0 bridgehead atoms. The first-order chi connectivity index (χ1) is 15.5. The molecule has 32 heavy (non-hydrogen) atoms. The maximum atomic E-state index is 12.6. The predicted molar refractivity (Wildman–Crippen MR) is 125 cm³/mol. The first kappa shape index (κ1) is 20.7. The van der Waals surface area contributed by atoms with Crippen LogP contribution in [0.4, 0.5) is 0 Å². The molecule has 1 N–H and O–H groups in total. The highest BCUT2D eigenvalue weighted by atomic mass is 35.5. The van der Waals surface area contributed by atoms with Gasteiger partial charge in [0.15, 0.2) is 5.84 Å². The molecule has 5 rings (SSSR count). The minimum Gasteiger partial charge on any atom is -0.457 e. The fraction of sp³-hybridized carbons (Fsp3) is 0.227. The van der Waals surface area contributed by atoms with E-state index in [0.29, 0.717) is 26.8 Å². The van der Waals surface area contributed by atoms with E-state index < -0.39 is 5.91 Å². The fourth-order valence-electron chi connectivity index (χ4n) is 3.68. The highest BCUT2D eigenvalue weighted by Crippen LogP contribution is 2.31. The lowest BCUT2D eigenvalue weighted by molar-refractivity contribution is -0.128. The van der Waals surface area contributed by atoms with Gasteiger partial charge >= 0.3 is 0 Å². The Labute approximate surface area is 193 Å². The van der Waals surface area contributed by atoms with Gasteiger partial charge < -0.3 is 9.32 Å². The monoisotopic (exact) mass is 467 g/mol. The van der Waals surface area contributed by atoms with Gasteiger partial charge in [0.1, 0.15) is 16.6 Å². The Balaban J connectivity index is 1.35. The average Bonchev–Trinajstić information content (AvgIpc) is 3.52. The third-order valence-corrected chi connectivity index (χ3v) is 6.42. The number of amidine groups is 2. The molecule has 2 amide bonds. The van der Waals surface area contributed by atoms with Crippen molar-refractivity contribution in [1.29, 1.82) is 5.41 Å². The molecule has 0 radical (unpaired) electrons. The summed E-state index contributed by atoms with van der Waals surface area (Å²) in [5.41, 5.74) is 0.873. The van der Waals surface area contributed by atoms with Crippen molar-refractivity contribution < 1.29 is 14.0 Å². The van der Waals surface area contributed by atoms with Crippen LogP contribution in [0.15, 0.2) is 56.5 Å². The summed E-state index contributed by atoms with van der Waals surface area (Å²) in [5.74, 6) is 0.364. The molecular formula is C22H18ClN5O3S. The van der Waals surface area contributed by atoms with Gasteiger partial charge in [0, 0.05) is 23.7 Å². The summed E-state index contributed by atoms with van der Waals surface area (Å²) in [6.45, 7) is 1.53. The lowest BCUT2D eigenvalue weighted by Crippen LogP contribution is -2.35. The number of likely N-dealkylation sites (tertiary alicyclic amines) is 1. The number of fused-ring (bicyclic) bond motifs is 1. The Hall–Kier alpha value is -3.17. The number of thioether (sulfide) groups is 1. The van der Waals surface area contributed by atoms with E-state index in [1.54, 1.807) is 24.3 Å². The second-order valence-electron chi connectivity index (χ2n) is 7.49. The molecule has 0 aliphatic carbocycles. The number of amides is 2. The molecule has 0 atom stereocenters. The molecule has 4 heterocycles. The quantitative estimate of drug-likeness (QED) is 0.678. The number of rotatable bonds is 4. The van der Waals surface area contributed by atoms with Crippen molar-refractivity contribution >= 4 is 57.3 Å². The maximum absolute atomic E-state index is 12.6. The van der Waals surface area contributed by atoms with Gasteiger partial charge in [0.05, 0.1) is 12.0 Å². The SMILES string of the molecule is N=C1/C(=C/c2ccc(-c3cccc(Cl)c3)o2)C(=O)N=C2SC(CC(=O)N3CCCC3)=NN12. The van der Waals surface area contributed by atoms with Gasteiger partial charge in [-0.3, -0.25) is 15.0 Å². The number of hydrogen-bond acceptors (Lipinski definition) is 6. The van der Waals surface area contributed by atoms with Crippen molar-refractivity contribution in [2.45, 2.75) is 19.3 Å². The summed E-state index contributed by atoms with van der Waals surface area (Å²) < 4.78 is 5.82. The number of carbonyl (C=O) groups excluding carboxylic acids is 2. The van der Waals surface area contributed by atoms with Gasteiger partial charge in [-0.05, 0) is 54.9 Å². The Kier molecular flexibility index (Phi) is 5.44. The Morgan fingerprint density at radius 2 is 2.06 bits per heavy atom. The number of nitrogens with zero attached hydrogens (tertiary/aromatic N) is 4. The highest BCUT2D eigenvalue weighted by Gasteiger charge is 2.36. The number of halogens is 1. The van der Waals surface area contributed by atoms with E-state index in [-0.39, 0.29) is 23.7 Å². The van der Waals surface area contributed by atoms with Crippen molar-refractivity contribution in [1.82, 2.24) is 9.91 Å². The van der Waals surface area contributed by atoms with Crippen LogP contribution in [-0.4, -0.2) is 50.9 Å². The summed E-state index contributed by atoms with van der Waals surface area (Å²) in [4.78, 5) is 30.9. The highest BCUT2D eigenvalue weighted by molar-refractivity contribution is 8.27. The van der Waals surface area contributed by atoms with Crippen LogP contribution in [0.2, 0.25) is 5.02 Å². The molecule has 3 aliphatic heterocycles. The topological polar surface area (TPSA) is 102 Å². The number of hydrazone groups is 1. The van der Waals surface area contributed by atoms with Crippen LogP contribution in [0.5, 0.6) is 0 Å². The van der Waals surface area contributed by atoms with Crippen LogP contribution in [0.3, 0.4) is 0 Å². The second kappa shape index (κ2) is 8.40. The largest absolute Gasteiger partial charge is 0.457 e. The van der Waals surface area contributed by atoms with E-state index in [1.165, 1.54) is 11.1 Å². The van der Waals surface area contributed by atoms with E-state index in [9.17, 15) is 9.59 Å². The van der Waals surface area contributed by atoms with Crippen molar-refractivity contribution in [3.8, 4) is 11.3 Å². The van der Waals surface area contributed by atoms with Crippen LogP contribution in [0.25, 0.3) is 17.4 Å². The molecule has 1 aromatic carbocycles. The maximum Gasteiger partial charge on any atom is 0.283 e. The molecule has 1 fully saturated rings. The van der Waals surface area contributed by atoms with Gasteiger partial charge in [-0.2, -0.15) is 15.1 Å². The zero-order valence-corrected chi connectivity index (χ0v) is 18.4. The van der Waals surface area contributed by atoms with Crippen LogP contribution >= 0.6 is 23.4 Å². The van der Waals surface area contributed by atoms with Gasteiger partial charge in [0.25, 0.3) is 5.91 Å². The molecular weight excluding hydrogens is 450 g/mol. The molecule has 0 spiro atoms. The van der Waals surface area contributed by atoms with Gasteiger partial charge in [-0.15, -0.1) is 0 Å². The summed E-state index contributed by atoms with van der Waals surface area (Å²) >= 11 is 7.20. The molecule has 1 aromatic heterocycles. The third kappa shape index (κ3) is 4.01. The minimum atomic E-state index is -0.545. The summed E-state index contributed by atoms with van der Waals surface area (Å²) in [6, 6.07) is 10.7. The van der Waals surface area contributed by atoms with Crippen LogP contribution in [0.1, 0.15) is 25.0 Å². The number of aliphatic imine (C=N–C) groups is 1. The molecule has 2 aromatic rings. The summed E-state index contributed by atoms with van der Waals surface area (Å²) in [6.07, 6.45) is 3.65. The molecule has 8 nitrogen and oxygen atoms in total. The fourth-order valence-corrected chi connectivity index (χ4v) is 4.75. The molecule has 1 saturated heterocycles. The third-order valence-electron chi connectivity index (χ3n) is 5.28. The number of carbonyl (C=O) groups is 2. The smallest absolute Gasteiger partial charge is 0.283 e. The molecule has 3 aliphatic rings. The first-order valence-corrected chi connectivity index (χ1v) is 11.3. The Bertz CT molecular complexity index is 1230. The zero-order valence-electron chi connectivity index (χ0n) is 16.9. The van der Waals surface area contributed by atoms with Crippen molar-refractivity contribution in [3.63, 3.8) is 0 Å². The Morgan fingerprint density at radius 1 is 1.25 bits per heavy atom. The molecule has 162 valence electrons. The number of benzene rings is 1. The Morgan fingerprint density at radius 3 is 2.84 bits per heavy atom. The first-order valence-electron chi connectivity index (χ1n) is 10.1. The minimum absolute atomic E-state index is 0.00644. The number of furan rings is 1. The second-order valence-corrected chi connectivity index (χ2v) is 8.97. The molecule has 10 heteroatoms. The normalized spacial score (nSPS) is 19.5. The van der Waals surface area contributed by atoms with Gasteiger partial charge in [0.2, 0.25) is 11.1 Å². The van der Waals surface area contributed by atoms with E-state index in [2.05, 4.69) is 10.1 Å². The van der Waals surface area contributed by atoms with E-state index in [4.69, 9.17) is 21.4 Å². The lowest BCUT2D eigenvalue weighted by atomic mass is 10.1. The van der Waals surface area contributed by atoms with Crippen LogP contribution in [0, 0.1) is 5.41 Å². The average molecular weight is 468 g/mol. The summed E-state index contributed by atoms with van der Waals surface area (Å²) in [5, 5.41) is 15.5. The molecule has 0 saturated carbocycles.